The Morgan fingerprint density at radius 2 is 2.53 bits per heavy atom. The van der Waals surface area contributed by atoms with Gasteiger partial charge in [-0.1, -0.05) is 0 Å². The minimum atomic E-state index is 0.166. The van der Waals surface area contributed by atoms with Crippen LogP contribution in [0.2, 0.25) is 0 Å². The molecule has 17 heavy (non-hydrogen) atoms. The van der Waals surface area contributed by atoms with Gasteiger partial charge in [0.05, 0.1) is 12.3 Å². The molecule has 0 aliphatic rings. The highest BCUT2D eigenvalue weighted by Crippen LogP contribution is 2.11. The largest absolute Gasteiger partial charge is 0.396 e. The van der Waals surface area contributed by atoms with Crippen LogP contribution in [-0.4, -0.2) is 40.9 Å². The first-order chi connectivity index (χ1) is 8.33. The number of nitrogens with one attached hydrogen (secondary N) is 1. The Kier molecular flexibility index (Phi) is 4.49. The standard InChI is InChI=1S/C11H17N3O2S/c1-16-8-9(2-4-15)12-6-10-7-14-3-5-17-11(14)13-10/h3,5,7,9,12,15H,2,4,6,8H2,1H3. The van der Waals surface area contributed by atoms with E-state index in [0.717, 1.165) is 10.7 Å². The number of hydrogen-bond donors (Lipinski definition) is 2. The number of fused-ring (bicyclic) bond motifs is 1. The van der Waals surface area contributed by atoms with Gasteiger partial charge in [-0.3, -0.25) is 4.40 Å². The fourth-order valence-electron chi connectivity index (χ4n) is 1.71. The molecule has 0 saturated carbocycles. The number of methoxy groups -OCH3 is 1. The fourth-order valence-corrected chi connectivity index (χ4v) is 2.43. The smallest absolute Gasteiger partial charge is 0.193 e. The molecule has 0 aromatic carbocycles. The van der Waals surface area contributed by atoms with E-state index < -0.39 is 0 Å². The Balaban J connectivity index is 1.89. The van der Waals surface area contributed by atoms with Crippen LogP contribution in [0.3, 0.4) is 0 Å². The van der Waals surface area contributed by atoms with Crippen LogP contribution in [0.15, 0.2) is 17.8 Å². The average Bonchev–Trinajstić information content (AvgIpc) is 2.86. The number of rotatable bonds is 7. The maximum atomic E-state index is 8.93. The number of hydrogen-bond acceptors (Lipinski definition) is 5. The van der Waals surface area contributed by atoms with Crippen molar-refractivity contribution in [1.82, 2.24) is 14.7 Å². The lowest BCUT2D eigenvalue weighted by atomic mass is 10.2. The first kappa shape index (κ1) is 12.5. The summed E-state index contributed by atoms with van der Waals surface area (Å²) in [6, 6.07) is 0.171. The minimum absolute atomic E-state index is 0.166. The predicted molar refractivity (Wildman–Crippen MR) is 67.3 cm³/mol. The van der Waals surface area contributed by atoms with E-state index in [1.807, 2.05) is 22.2 Å². The zero-order valence-electron chi connectivity index (χ0n) is 9.80. The number of thiazole rings is 1. The summed E-state index contributed by atoms with van der Waals surface area (Å²) in [4.78, 5) is 5.49. The Hall–Kier alpha value is -0.950. The molecule has 0 saturated heterocycles. The van der Waals surface area contributed by atoms with Crippen molar-refractivity contribution < 1.29 is 9.84 Å². The molecular weight excluding hydrogens is 238 g/mol. The van der Waals surface area contributed by atoms with E-state index in [4.69, 9.17) is 9.84 Å². The number of aromatic nitrogens is 2. The molecule has 2 aromatic rings. The quantitative estimate of drug-likeness (QED) is 0.771. The molecule has 0 bridgehead atoms. The summed E-state index contributed by atoms with van der Waals surface area (Å²) in [7, 11) is 1.67. The van der Waals surface area contributed by atoms with E-state index in [9.17, 15) is 0 Å². The molecule has 2 N–H and O–H groups in total. The number of aliphatic hydroxyl groups is 1. The van der Waals surface area contributed by atoms with Gasteiger partial charge in [0.2, 0.25) is 0 Å². The van der Waals surface area contributed by atoms with Crippen LogP contribution in [-0.2, 0) is 11.3 Å². The van der Waals surface area contributed by atoms with Crippen molar-refractivity contribution in [3.63, 3.8) is 0 Å². The fraction of sp³-hybridized carbons (Fsp3) is 0.545. The van der Waals surface area contributed by atoms with Crippen molar-refractivity contribution in [2.24, 2.45) is 0 Å². The maximum Gasteiger partial charge on any atom is 0.193 e. The molecule has 0 aliphatic heterocycles. The van der Waals surface area contributed by atoms with Crippen LogP contribution in [0.25, 0.3) is 4.96 Å². The van der Waals surface area contributed by atoms with Crippen LogP contribution in [0.1, 0.15) is 12.1 Å². The minimum Gasteiger partial charge on any atom is -0.396 e. The zero-order chi connectivity index (χ0) is 12.1. The molecule has 0 spiro atoms. The van der Waals surface area contributed by atoms with Crippen molar-refractivity contribution in [2.75, 3.05) is 20.3 Å². The van der Waals surface area contributed by atoms with E-state index in [1.165, 1.54) is 0 Å². The van der Waals surface area contributed by atoms with E-state index in [0.29, 0.717) is 19.6 Å². The maximum absolute atomic E-state index is 8.93. The molecule has 1 atom stereocenters. The molecular formula is C11H17N3O2S. The van der Waals surface area contributed by atoms with Gasteiger partial charge < -0.3 is 15.2 Å². The number of aliphatic hydroxyl groups excluding tert-OH is 1. The van der Waals surface area contributed by atoms with Gasteiger partial charge in [0.1, 0.15) is 0 Å². The highest BCUT2D eigenvalue weighted by atomic mass is 32.1. The first-order valence-electron chi connectivity index (χ1n) is 5.57. The van der Waals surface area contributed by atoms with Crippen LogP contribution in [0.4, 0.5) is 0 Å². The summed E-state index contributed by atoms with van der Waals surface area (Å²) in [5, 5.41) is 14.3. The van der Waals surface area contributed by atoms with Crippen molar-refractivity contribution in [3.8, 4) is 0 Å². The predicted octanol–water partition coefficient (Wildman–Crippen LogP) is 0.883. The zero-order valence-corrected chi connectivity index (χ0v) is 10.6. The monoisotopic (exact) mass is 255 g/mol. The third-order valence-corrected chi connectivity index (χ3v) is 3.33. The van der Waals surface area contributed by atoms with Gasteiger partial charge in [0.15, 0.2) is 4.96 Å². The third-order valence-electron chi connectivity index (χ3n) is 2.56. The topological polar surface area (TPSA) is 58.8 Å². The average molecular weight is 255 g/mol. The van der Waals surface area contributed by atoms with Crippen molar-refractivity contribution in [2.45, 2.75) is 19.0 Å². The van der Waals surface area contributed by atoms with Gasteiger partial charge >= 0.3 is 0 Å². The van der Waals surface area contributed by atoms with E-state index in [-0.39, 0.29) is 12.6 Å². The second kappa shape index (κ2) is 6.11. The lowest BCUT2D eigenvalue weighted by molar-refractivity contribution is 0.148. The number of imidazole rings is 1. The first-order valence-corrected chi connectivity index (χ1v) is 6.45. The van der Waals surface area contributed by atoms with Gasteiger partial charge in [-0.2, -0.15) is 0 Å². The Morgan fingerprint density at radius 3 is 3.24 bits per heavy atom. The molecule has 94 valence electrons. The molecule has 2 aromatic heterocycles. The van der Waals surface area contributed by atoms with E-state index >= 15 is 0 Å². The summed E-state index contributed by atoms with van der Waals surface area (Å²) in [5.41, 5.74) is 1.01. The summed E-state index contributed by atoms with van der Waals surface area (Å²) in [6.45, 7) is 1.46. The van der Waals surface area contributed by atoms with Gasteiger partial charge in [-0.05, 0) is 6.42 Å². The summed E-state index contributed by atoms with van der Waals surface area (Å²) in [5.74, 6) is 0. The molecule has 6 heteroatoms. The second-order valence-electron chi connectivity index (χ2n) is 3.87. The van der Waals surface area contributed by atoms with Gasteiger partial charge in [-0.15, -0.1) is 11.3 Å². The van der Waals surface area contributed by atoms with Gasteiger partial charge in [0, 0.05) is 44.1 Å². The lowest BCUT2D eigenvalue weighted by Crippen LogP contribution is -2.33. The molecule has 0 amide bonds. The van der Waals surface area contributed by atoms with Crippen LogP contribution in [0.5, 0.6) is 0 Å². The second-order valence-corrected chi connectivity index (χ2v) is 4.74. The normalized spacial score (nSPS) is 13.3. The van der Waals surface area contributed by atoms with Crippen LogP contribution >= 0.6 is 11.3 Å². The van der Waals surface area contributed by atoms with E-state index in [1.54, 1.807) is 18.4 Å². The Bertz CT molecular complexity index is 420. The van der Waals surface area contributed by atoms with Gasteiger partial charge in [-0.25, -0.2) is 4.98 Å². The van der Waals surface area contributed by atoms with Crippen molar-refractivity contribution >= 4 is 16.3 Å². The summed E-state index contributed by atoms with van der Waals surface area (Å²) < 4.78 is 7.10. The lowest BCUT2D eigenvalue weighted by Gasteiger charge is -2.15. The molecule has 2 heterocycles. The highest BCUT2D eigenvalue weighted by molar-refractivity contribution is 7.15. The Morgan fingerprint density at radius 1 is 1.65 bits per heavy atom. The van der Waals surface area contributed by atoms with Crippen LogP contribution < -0.4 is 5.32 Å². The molecule has 1 unspecified atom stereocenters. The third kappa shape index (κ3) is 3.26. The molecule has 0 aliphatic carbocycles. The molecule has 5 nitrogen and oxygen atoms in total. The SMILES string of the molecule is COCC(CCO)NCc1cn2ccsc2n1. The van der Waals surface area contributed by atoms with Crippen LogP contribution in [0, 0.1) is 0 Å². The highest BCUT2D eigenvalue weighted by Gasteiger charge is 2.08. The van der Waals surface area contributed by atoms with E-state index in [2.05, 4.69) is 10.3 Å². The van der Waals surface area contributed by atoms with Gasteiger partial charge in [0.25, 0.3) is 0 Å². The summed E-state index contributed by atoms with van der Waals surface area (Å²) in [6.07, 6.45) is 4.70. The molecule has 0 fully saturated rings. The Labute approximate surface area is 104 Å². The molecule has 2 rings (SSSR count). The molecule has 0 radical (unpaired) electrons. The van der Waals surface area contributed by atoms with Crippen molar-refractivity contribution in [3.05, 3.63) is 23.5 Å². The number of nitrogens with zero attached hydrogens (tertiary/aromatic N) is 2. The summed E-state index contributed by atoms with van der Waals surface area (Å²) >= 11 is 1.62. The van der Waals surface area contributed by atoms with Crippen molar-refractivity contribution in [1.29, 1.82) is 0 Å². The number of ether oxygens (including phenoxy) is 1.